The lowest BCUT2D eigenvalue weighted by molar-refractivity contribution is 0.0526. The maximum absolute atomic E-state index is 13.0. The van der Waals surface area contributed by atoms with Gasteiger partial charge in [0.15, 0.2) is 0 Å². The number of ether oxygens (including phenoxy) is 1. The first-order chi connectivity index (χ1) is 16.1. The van der Waals surface area contributed by atoms with Crippen LogP contribution in [-0.2, 0) is 11.3 Å². The highest BCUT2D eigenvalue weighted by atomic mass is 32.1. The van der Waals surface area contributed by atoms with E-state index in [0.717, 1.165) is 36.4 Å². The molecule has 0 aromatic carbocycles. The minimum Gasteiger partial charge on any atom is -0.467 e. The summed E-state index contributed by atoms with van der Waals surface area (Å²) in [5.41, 5.74) is 4.24. The Morgan fingerprint density at radius 1 is 1.33 bits per heavy atom. The van der Waals surface area contributed by atoms with E-state index in [2.05, 4.69) is 16.4 Å². The molecule has 3 heterocycles. The van der Waals surface area contributed by atoms with Gasteiger partial charge in [-0.05, 0) is 64.2 Å². The van der Waals surface area contributed by atoms with Gasteiger partial charge in [0.25, 0.3) is 5.91 Å². The topological polar surface area (TPSA) is 86.4 Å². The average molecular weight is 468 g/mol. The van der Waals surface area contributed by atoms with E-state index in [1.165, 1.54) is 29.8 Å². The molecular weight excluding hydrogens is 438 g/mol. The van der Waals surface area contributed by atoms with E-state index in [1.807, 2.05) is 35.1 Å². The summed E-state index contributed by atoms with van der Waals surface area (Å²) in [5, 5.41) is 5.18. The van der Waals surface area contributed by atoms with Crippen molar-refractivity contribution in [2.75, 3.05) is 13.2 Å². The molecule has 0 spiro atoms. The quantitative estimate of drug-likeness (QED) is 0.338. The molecule has 174 valence electrons. The number of furan rings is 1. The van der Waals surface area contributed by atoms with Crippen LogP contribution in [0.2, 0.25) is 0 Å². The number of allylic oxidation sites excluding steroid dienone is 1. The monoisotopic (exact) mass is 467 g/mol. The molecule has 1 amide bonds. The number of carbonyl (C=O) groups excluding carboxylic acids is 2. The first-order valence-electron chi connectivity index (χ1n) is 11.4. The maximum Gasteiger partial charge on any atom is 0.367 e. The highest BCUT2D eigenvalue weighted by Crippen LogP contribution is 2.29. The Balaban J connectivity index is 1.57. The second kappa shape index (κ2) is 10.7. The lowest BCUT2D eigenvalue weighted by Gasteiger charge is -2.13. The number of nitrogens with zero attached hydrogens (tertiary/aromatic N) is 2. The molecule has 8 heteroatoms. The van der Waals surface area contributed by atoms with Crippen molar-refractivity contribution in [3.05, 3.63) is 63.5 Å². The van der Waals surface area contributed by atoms with Gasteiger partial charge in [-0.15, -0.1) is 11.3 Å². The zero-order valence-corrected chi connectivity index (χ0v) is 19.9. The number of hydrogen-bond acceptors (Lipinski definition) is 6. The first kappa shape index (κ1) is 23.0. The van der Waals surface area contributed by atoms with Crippen LogP contribution in [-0.4, -0.2) is 34.6 Å². The van der Waals surface area contributed by atoms with Gasteiger partial charge < -0.3 is 19.0 Å². The molecule has 0 radical (unpaired) electrons. The number of thiazole rings is 1. The van der Waals surface area contributed by atoms with Gasteiger partial charge in [0.1, 0.15) is 5.76 Å². The molecular formula is C25H29N3O4S. The number of nitrogens with one attached hydrogen (secondary N) is 1. The van der Waals surface area contributed by atoms with Crippen LogP contribution >= 0.6 is 11.3 Å². The first-order valence-corrected chi connectivity index (χ1v) is 12.3. The third kappa shape index (κ3) is 5.45. The molecule has 1 aliphatic carbocycles. The van der Waals surface area contributed by atoms with Crippen LogP contribution in [0.4, 0.5) is 0 Å². The normalized spacial score (nSPS) is 13.6. The fourth-order valence-electron chi connectivity index (χ4n) is 4.09. The summed E-state index contributed by atoms with van der Waals surface area (Å²) in [4.78, 5) is 29.6. The molecule has 0 aliphatic heterocycles. The molecule has 3 aromatic rings. The molecule has 4 rings (SSSR count). The van der Waals surface area contributed by atoms with Crippen molar-refractivity contribution in [1.29, 1.82) is 0 Å². The molecule has 0 saturated carbocycles. The Hall–Kier alpha value is -3.13. The zero-order chi connectivity index (χ0) is 23.2. The van der Waals surface area contributed by atoms with E-state index in [0.29, 0.717) is 36.0 Å². The summed E-state index contributed by atoms with van der Waals surface area (Å²) in [7, 11) is 0. The molecule has 7 nitrogen and oxygen atoms in total. The predicted molar refractivity (Wildman–Crippen MR) is 128 cm³/mol. The van der Waals surface area contributed by atoms with Crippen molar-refractivity contribution in [2.24, 2.45) is 0 Å². The number of amides is 1. The molecule has 33 heavy (non-hydrogen) atoms. The van der Waals surface area contributed by atoms with E-state index in [-0.39, 0.29) is 5.91 Å². The largest absolute Gasteiger partial charge is 0.467 e. The highest BCUT2D eigenvalue weighted by molar-refractivity contribution is 7.11. The predicted octanol–water partition coefficient (Wildman–Crippen LogP) is 5.36. The van der Waals surface area contributed by atoms with Crippen LogP contribution < -0.4 is 5.32 Å². The van der Waals surface area contributed by atoms with Crippen LogP contribution in [0.5, 0.6) is 0 Å². The Bertz CT molecular complexity index is 1140. The van der Waals surface area contributed by atoms with Crippen LogP contribution in [0.25, 0.3) is 11.4 Å². The summed E-state index contributed by atoms with van der Waals surface area (Å²) < 4.78 is 12.6. The third-order valence-electron chi connectivity index (χ3n) is 5.84. The Kier molecular flexibility index (Phi) is 7.44. The molecule has 1 N–H and O–H groups in total. The van der Waals surface area contributed by atoms with Gasteiger partial charge in [-0.25, -0.2) is 9.78 Å². The van der Waals surface area contributed by atoms with Gasteiger partial charge in [-0.3, -0.25) is 4.79 Å². The number of esters is 1. The molecule has 0 bridgehead atoms. The maximum atomic E-state index is 13.0. The fourth-order valence-corrected chi connectivity index (χ4v) is 4.79. The zero-order valence-electron chi connectivity index (χ0n) is 19.1. The average Bonchev–Trinajstić information content (AvgIpc) is 3.57. The fraction of sp³-hybridized carbons (Fsp3) is 0.400. The molecule has 0 atom stereocenters. The van der Waals surface area contributed by atoms with Crippen molar-refractivity contribution >= 4 is 23.2 Å². The van der Waals surface area contributed by atoms with Crippen LogP contribution in [0.3, 0.4) is 0 Å². The SMILES string of the molecule is CCOC(=O)c1nc(-c2cc(C(=O)NCCC3=CCCCC3)c(C)n2Cc2ccco2)cs1. The minimum absolute atomic E-state index is 0.107. The smallest absolute Gasteiger partial charge is 0.367 e. The van der Waals surface area contributed by atoms with Gasteiger partial charge >= 0.3 is 5.97 Å². The van der Waals surface area contributed by atoms with E-state index in [4.69, 9.17) is 9.15 Å². The van der Waals surface area contributed by atoms with Crippen molar-refractivity contribution in [2.45, 2.75) is 52.5 Å². The Labute approximate surface area is 197 Å². The van der Waals surface area contributed by atoms with Crippen molar-refractivity contribution in [3.8, 4) is 11.4 Å². The van der Waals surface area contributed by atoms with Crippen LogP contribution in [0.1, 0.15) is 70.6 Å². The van der Waals surface area contributed by atoms with Gasteiger partial charge in [0.2, 0.25) is 5.01 Å². The number of hydrogen-bond donors (Lipinski definition) is 1. The van der Waals surface area contributed by atoms with Gasteiger partial charge in [0.05, 0.1) is 36.4 Å². The molecule has 3 aromatic heterocycles. The molecule has 1 aliphatic rings. The van der Waals surface area contributed by atoms with E-state index < -0.39 is 5.97 Å². The van der Waals surface area contributed by atoms with Crippen LogP contribution in [0, 0.1) is 6.92 Å². The number of rotatable bonds is 9. The Morgan fingerprint density at radius 2 is 2.21 bits per heavy atom. The van der Waals surface area contributed by atoms with Gasteiger partial charge in [-0.2, -0.15) is 0 Å². The van der Waals surface area contributed by atoms with Crippen molar-refractivity contribution in [3.63, 3.8) is 0 Å². The lowest BCUT2D eigenvalue weighted by Crippen LogP contribution is -2.25. The number of aromatic nitrogens is 2. The van der Waals surface area contributed by atoms with Crippen molar-refractivity contribution in [1.82, 2.24) is 14.9 Å². The van der Waals surface area contributed by atoms with Gasteiger partial charge in [-0.1, -0.05) is 11.6 Å². The summed E-state index contributed by atoms with van der Waals surface area (Å²) >= 11 is 1.23. The summed E-state index contributed by atoms with van der Waals surface area (Å²) in [5.74, 6) is 0.223. The number of carbonyl (C=O) groups is 2. The Morgan fingerprint density at radius 3 is 2.94 bits per heavy atom. The second-order valence-corrected chi connectivity index (χ2v) is 8.92. The lowest BCUT2D eigenvalue weighted by atomic mass is 9.97. The third-order valence-corrected chi connectivity index (χ3v) is 6.66. The van der Waals surface area contributed by atoms with E-state index in [1.54, 1.807) is 13.2 Å². The highest BCUT2D eigenvalue weighted by Gasteiger charge is 2.22. The standard InChI is InChI=1S/C25H29N3O4S/c1-3-31-25(30)24-27-21(16-33-24)22-14-20(17(2)28(22)15-19-10-7-13-32-19)23(29)26-12-11-18-8-5-4-6-9-18/h7-8,10,13-14,16H,3-6,9,11-12,15H2,1-2H3,(H,26,29). The van der Waals surface area contributed by atoms with Crippen molar-refractivity contribution < 1.29 is 18.7 Å². The molecule has 0 fully saturated rings. The summed E-state index contributed by atoms with van der Waals surface area (Å²) in [6, 6.07) is 5.58. The summed E-state index contributed by atoms with van der Waals surface area (Å²) in [6.07, 6.45) is 9.59. The molecule has 0 saturated heterocycles. The van der Waals surface area contributed by atoms with E-state index in [9.17, 15) is 9.59 Å². The molecule has 0 unspecified atom stereocenters. The van der Waals surface area contributed by atoms with Crippen LogP contribution in [0.15, 0.2) is 45.9 Å². The minimum atomic E-state index is -0.440. The van der Waals surface area contributed by atoms with E-state index >= 15 is 0 Å². The summed E-state index contributed by atoms with van der Waals surface area (Å²) in [6.45, 7) is 5.06. The van der Waals surface area contributed by atoms with Gasteiger partial charge in [0, 0.05) is 17.6 Å². The second-order valence-electron chi connectivity index (χ2n) is 8.07.